The molecule has 0 radical (unpaired) electrons. The molecule has 0 unspecified atom stereocenters. The maximum Gasteiger partial charge on any atom is 0.335 e. The molecular weight excluding hydrogens is 230 g/mol. The van der Waals surface area contributed by atoms with E-state index in [4.69, 9.17) is 5.11 Å². The lowest BCUT2D eigenvalue weighted by Gasteiger charge is -2.16. The van der Waals surface area contributed by atoms with Crippen LogP contribution in [0.15, 0.2) is 30.5 Å². The standard InChI is InChI=1S/C13H13N3O2/c17-13(18)9-3-5-11(6-4-9)16-12-10(8-15-16)2-1-7-14-12/h3-6,8,14H,1-2,7H2,(H,17,18). The highest BCUT2D eigenvalue weighted by molar-refractivity contribution is 5.87. The van der Waals surface area contributed by atoms with E-state index in [9.17, 15) is 4.79 Å². The van der Waals surface area contributed by atoms with E-state index in [2.05, 4.69) is 10.4 Å². The maximum atomic E-state index is 10.8. The zero-order chi connectivity index (χ0) is 12.5. The van der Waals surface area contributed by atoms with Crippen molar-refractivity contribution in [3.63, 3.8) is 0 Å². The van der Waals surface area contributed by atoms with Crippen molar-refractivity contribution < 1.29 is 9.90 Å². The van der Waals surface area contributed by atoms with Crippen molar-refractivity contribution in [3.8, 4) is 5.69 Å². The van der Waals surface area contributed by atoms with E-state index in [-0.39, 0.29) is 5.56 Å². The van der Waals surface area contributed by atoms with Crippen molar-refractivity contribution in [1.29, 1.82) is 0 Å². The van der Waals surface area contributed by atoms with Gasteiger partial charge in [-0.05, 0) is 37.1 Å². The van der Waals surface area contributed by atoms with Crippen LogP contribution >= 0.6 is 0 Å². The summed E-state index contributed by atoms with van der Waals surface area (Å²) in [6.45, 7) is 0.950. The Morgan fingerprint density at radius 2 is 2.11 bits per heavy atom. The summed E-state index contributed by atoms with van der Waals surface area (Å²) in [6.07, 6.45) is 4.03. The first-order valence-electron chi connectivity index (χ1n) is 5.90. The number of anilines is 1. The van der Waals surface area contributed by atoms with Crippen molar-refractivity contribution in [1.82, 2.24) is 9.78 Å². The van der Waals surface area contributed by atoms with E-state index >= 15 is 0 Å². The van der Waals surface area contributed by atoms with Gasteiger partial charge in [-0.3, -0.25) is 0 Å². The van der Waals surface area contributed by atoms with Crippen LogP contribution in [0.4, 0.5) is 5.82 Å². The number of carboxylic acid groups (broad SMARTS) is 1. The van der Waals surface area contributed by atoms with Gasteiger partial charge in [0.2, 0.25) is 0 Å². The van der Waals surface area contributed by atoms with E-state index in [1.165, 1.54) is 5.56 Å². The summed E-state index contributed by atoms with van der Waals surface area (Å²) in [4.78, 5) is 10.8. The highest BCUT2D eigenvalue weighted by atomic mass is 16.4. The molecule has 5 nitrogen and oxygen atoms in total. The molecule has 2 aromatic rings. The van der Waals surface area contributed by atoms with Crippen LogP contribution in [0.2, 0.25) is 0 Å². The van der Waals surface area contributed by atoms with Crippen molar-refractivity contribution in [2.45, 2.75) is 12.8 Å². The largest absolute Gasteiger partial charge is 0.478 e. The molecule has 0 atom stereocenters. The van der Waals surface area contributed by atoms with Crippen LogP contribution in [0, 0.1) is 0 Å². The molecule has 5 heteroatoms. The molecule has 3 rings (SSSR count). The molecule has 0 saturated carbocycles. The highest BCUT2D eigenvalue weighted by Crippen LogP contribution is 2.24. The van der Waals surface area contributed by atoms with E-state index in [0.29, 0.717) is 0 Å². The number of carboxylic acids is 1. The minimum atomic E-state index is -0.915. The molecule has 1 aliphatic rings. The number of rotatable bonds is 2. The number of aromatic carboxylic acids is 1. The lowest BCUT2D eigenvalue weighted by Crippen LogP contribution is -2.14. The molecular formula is C13H13N3O2. The zero-order valence-electron chi connectivity index (χ0n) is 9.76. The summed E-state index contributed by atoms with van der Waals surface area (Å²) in [7, 11) is 0. The van der Waals surface area contributed by atoms with Crippen LogP contribution in [0.3, 0.4) is 0 Å². The summed E-state index contributed by atoms with van der Waals surface area (Å²) in [5, 5.41) is 16.5. The first-order valence-corrected chi connectivity index (χ1v) is 5.90. The van der Waals surface area contributed by atoms with Crippen molar-refractivity contribution >= 4 is 11.8 Å². The summed E-state index contributed by atoms with van der Waals surface area (Å²) >= 11 is 0. The molecule has 0 fully saturated rings. The van der Waals surface area contributed by atoms with E-state index in [1.54, 1.807) is 24.3 Å². The number of nitrogens with one attached hydrogen (secondary N) is 1. The van der Waals surface area contributed by atoms with E-state index in [0.717, 1.165) is 30.9 Å². The Bertz CT molecular complexity index is 587. The second-order valence-corrected chi connectivity index (χ2v) is 4.31. The molecule has 1 aromatic carbocycles. The zero-order valence-corrected chi connectivity index (χ0v) is 9.76. The van der Waals surface area contributed by atoms with Crippen LogP contribution in [-0.2, 0) is 6.42 Å². The summed E-state index contributed by atoms with van der Waals surface area (Å²) < 4.78 is 1.82. The van der Waals surface area contributed by atoms with Crippen LogP contribution < -0.4 is 5.32 Å². The van der Waals surface area contributed by atoms with Gasteiger partial charge in [0, 0.05) is 12.1 Å². The Labute approximate surface area is 104 Å². The Hall–Kier alpha value is -2.30. The quantitative estimate of drug-likeness (QED) is 0.845. The lowest BCUT2D eigenvalue weighted by atomic mass is 10.1. The predicted molar refractivity (Wildman–Crippen MR) is 67.3 cm³/mol. The van der Waals surface area contributed by atoms with Crippen molar-refractivity contribution in [2.24, 2.45) is 0 Å². The predicted octanol–water partition coefficient (Wildman–Crippen LogP) is 1.93. The van der Waals surface area contributed by atoms with Crippen LogP contribution in [0.25, 0.3) is 5.69 Å². The van der Waals surface area contributed by atoms with Gasteiger partial charge in [0.1, 0.15) is 5.82 Å². The van der Waals surface area contributed by atoms with Gasteiger partial charge in [-0.2, -0.15) is 5.10 Å². The van der Waals surface area contributed by atoms with Gasteiger partial charge in [0.05, 0.1) is 17.4 Å². The number of fused-ring (bicyclic) bond motifs is 1. The molecule has 0 bridgehead atoms. The Morgan fingerprint density at radius 3 is 2.83 bits per heavy atom. The summed E-state index contributed by atoms with van der Waals surface area (Å²) in [5.41, 5.74) is 2.37. The Morgan fingerprint density at radius 1 is 1.33 bits per heavy atom. The third kappa shape index (κ3) is 1.73. The average molecular weight is 243 g/mol. The number of benzene rings is 1. The van der Waals surface area contributed by atoms with Gasteiger partial charge in [-0.15, -0.1) is 0 Å². The number of hydrogen-bond acceptors (Lipinski definition) is 3. The fourth-order valence-electron chi connectivity index (χ4n) is 2.18. The highest BCUT2D eigenvalue weighted by Gasteiger charge is 2.15. The second-order valence-electron chi connectivity index (χ2n) is 4.31. The lowest BCUT2D eigenvalue weighted by molar-refractivity contribution is 0.0697. The monoisotopic (exact) mass is 243 g/mol. The van der Waals surface area contributed by atoms with Gasteiger partial charge in [0.25, 0.3) is 0 Å². The SMILES string of the molecule is O=C(O)c1ccc(-n2ncc3c2NCCC3)cc1. The Kier molecular flexibility index (Phi) is 2.51. The van der Waals surface area contributed by atoms with Crippen LogP contribution in [0.1, 0.15) is 22.3 Å². The number of aryl methyl sites for hydroxylation is 1. The smallest absolute Gasteiger partial charge is 0.335 e. The van der Waals surface area contributed by atoms with Gasteiger partial charge >= 0.3 is 5.97 Å². The minimum absolute atomic E-state index is 0.285. The molecule has 18 heavy (non-hydrogen) atoms. The van der Waals surface area contributed by atoms with Gasteiger partial charge in [-0.1, -0.05) is 0 Å². The topological polar surface area (TPSA) is 67.1 Å². The number of nitrogens with zero attached hydrogens (tertiary/aromatic N) is 2. The fourth-order valence-corrected chi connectivity index (χ4v) is 2.18. The number of carbonyl (C=O) groups is 1. The van der Waals surface area contributed by atoms with Gasteiger partial charge < -0.3 is 10.4 Å². The fraction of sp³-hybridized carbons (Fsp3) is 0.231. The first kappa shape index (κ1) is 10.8. The molecule has 1 aromatic heterocycles. The first-order chi connectivity index (χ1) is 8.75. The van der Waals surface area contributed by atoms with Crippen molar-refractivity contribution in [2.75, 3.05) is 11.9 Å². The molecule has 0 amide bonds. The van der Waals surface area contributed by atoms with E-state index in [1.807, 2.05) is 10.9 Å². The Balaban J connectivity index is 1.99. The molecule has 92 valence electrons. The molecule has 2 heterocycles. The van der Waals surface area contributed by atoms with Crippen LogP contribution in [0.5, 0.6) is 0 Å². The maximum absolute atomic E-state index is 10.8. The summed E-state index contributed by atoms with van der Waals surface area (Å²) in [5.74, 6) is 0.103. The third-order valence-electron chi connectivity index (χ3n) is 3.12. The minimum Gasteiger partial charge on any atom is -0.478 e. The molecule has 0 spiro atoms. The number of hydrogen-bond donors (Lipinski definition) is 2. The molecule has 0 saturated heterocycles. The van der Waals surface area contributed by atoms with E-state index < -0.39 is 5.97 Å². The normalized spacial score (nSPS) is 13.8. The molecule has 1 aliphatic heterocycles. The van der Waals surface area contributed by atoms with Gasteiger partial charge in [0.15, 0.2) is 0 Å². The average Bonchev–Trinajstić information content (AvgIpc) is 2.82. The van der Waals surface area contributed by atoms with Gasteiger partial charge in [-0.25, -0.2) is 9.48 Å². The molecule has 0 aliphatic carbocycles. The second kappa shape index (κ2) is 4.18. The third-order valence-corrected chi connectivity index (χ3v) is 3.12. The summed E-state index contributed by atoms with van der Waals surface area (Å²) in [6, 6.07) is 6.73. The van der Waals surface area contributed by atoms with Crippen LogP contribution in [-0.4, -0.2) is 27.4 Å². The van der Waals surface area contributed by atoms with Crippen molar-refractivity contribution in [3.05, 3.63) is 41.6 Å². The number of aromatic nitrogens is 2. The molecule has 2 N–H and O–H groups in total.